The normalized spacial score (nSPS) is 31.9. The number of hydrogen-bond acceptors (Lipinski definition) is 3. The third kappa shape index (κ3) is 2.73. The van der Waals surface area contributed by atoms with E-state index in [-0.39, 0.29) is 24.2 Å². The Labute approximate surface area is 120 Å². The molecule has 3 nitrogen and oxygen atoms in total. The van der Waals surface area contributed by atoms with Gasteiger partial charge >= 0.3 is 5.97 Å². The van der Waals surface area contributed by atoms with E-state index in [2.05, 4.69) is 12.2 Å². The van der Waals surface area contributed by atoms with Gasteiger partial charge in [0.15, 0.2) is 0 Å². The van der Waals surface area contributed by atoms with E-state index in [1.54, 1.807) is 0 Å². The van der Waals surface area contributed by atoms with Gasteiger partial charge in [0.2, 0.25) is 0 Å². The zero-order valence-electron chi connectivity index (χ0n) is 12.0. The molecule has 1 saturated heterocycles. The third-order valence-corrected chi connectivity index (χ3v) is 4.64. The molecular formula is C17H23NO2. The van der Waals surface area contributed by atoms with E-state index >= 15 is 0 Å². The van der Waals surface area contributed by atoms with Gasteiger partial charge < -0.3 is 4.74 Å². The zero-order valence-corrected chi connectivity index (χ0v) is 12.0. The highest BCUT2D eigenvalue weighted by molar-refractivity contribution is 5.77. The van der Waals surface area contributed by atoms with Crippen molar-refractivity contribution in [2.24, 2.45) is 5.92 Å². The molecule has 1 aliphatic heterocycles. The predicted octanol–water partition coefficient (Wildman–Crippen LogP) is 3.21. The van der Waals surface area contributed by atoms with Gasteiger partial charge in [-0.3, -0.25) is 10.1 Å². The molecule has 1 heterocycles. The van der Waals surface area contributed by atoms with Gasteiger partial charge in [-0.05, 0) is 31.2 Å². The molecule has 1 aromatic carbocycles. The second kappa shape index (κ2) is 5.96. The standard InChI is InChI=1S/C17H23NO2/c1-12-16(14-10-6-3-7-11-14)20-17(19)15(18-12)13-8-4-2-5-9-13/h3,6-7,10-13,15-16,18H,2,4-5,8-9H2,1H3/t12-,15?,16-/m1/s1. The number of benzene rings is 1. The first-order valence-corrected chi connectivity index (χ1v) is 7.77. The molecule has 1 unspecified atom stereocenters. The molecule has 3 heteroatoms. The molecule has 1 N–H and O–H groups in total. The van der Waals surface area contributed by atoms with E-state index < -0.39 is 0 Å². The molecule has 2 fully saturated rings. The first-order chi connectivity index (χ1) is 9.75. The van der Waals surface area contributed by atoms with Crippen LogP contribution >= 0.6 is 0 Å². The number of ether oxygens (including phenoxy) is 1. The van der Waals surface area contributed by atoms with E-state index in [1.807, 2.05) is 30.3 Å². The van der Waals surface area contributed by atoms with E-state index in [9.17, 15) is 4.79 Å². The highest BCUT2D eigenvalue weighted by atomic mass is 16.5. The van der Waals surface area contributed by atoms with Crippen molar-refractivity contribution in [3.05, 3.63) is 35.9 Å². The fourth-order valence-corrected chi connectivity index (χ4v) is 3.53. The van der Waals surface area contributed by atoms with Crippen molar-refractivity contribution in [1.82, 2.24) is 5.32 Å². The van der Waals surface area contributed by atoms with Crippen LogP contribution in [0.15, 0.2) is 30.3 Å². The lowest BCUT2D eigenvalue weighted by Crippen LogP contribution is -2.55. The minimum Gasteiger partial charge on any atom is -0.455 e. The minimum atomic E-state index is -0.163. The van der Waals surface area contributed by atoms with Crippen molar-refractivity contribution in [1.29, 1.82) is 0 Å². The average molecular weight is 273 g/mol. The Bertz CT molecular complexity index is 453. The van der Waals surface area contributed by atoms with Crippen molar-refractivity contribution >= 4 is 5.97 Å². The quantitative estimate of drug-likeness (QED) is 0.841. The Kier molecular flexibility index (Phi) is 4.06. The maximum atomic E-state index is 12.3. The van der Waals surface area contributed by atoms with Crippen LogP contribution in [0.2, 0.25) is 0 Å². The third-order valence-electron chi connectivity index (χ3n) is 4.64. The summed E-state index contributed by atoms with van der Waals surface area (Å²) in [5, 5.41) is 3.51. The van der Waals surface area contributed by atoms with Crippen molar-refractivity contribution in [3.8, 4) is 0 Å². The monoisotopic (exact) mass is 273 g/mol. The van der Waals surface area contributed by atoms with Crippen LogP contribution in [0.3, 0.4) is 0 Å². The second-order valence-corrected chi connectivity index (χ2v) is 6.10. The number of carbonyl (C=O) groups excluding carboxylic acids is 1. The summed E-state index contributed by atoms with van der Waals surface area (Å²) in [6, 6.07) is 10.1. The average Bonchev–Trinajstić information content (AvgIpc) is 2.51. The largest absolute Gasteiger partial charge is 0.455 e. The molecule has 0 spiro atoms. The van der Waals surface area contributed by atoms with Gasteiger partial charge in [-0.1, -0.05) is 49.6 Å². The molecule has 3 rings (SSSR count). The topological polar surface area (TPSA) is 38.3 Å². The number of esters is 1. The fourth-order valence-electron chi connectivity index (χ4n) is 3.53. The van der Waals surface area contributed by atoms with Crippen molar-refractivity contribution in [2.45, 2.75) is 57.2 Å². The second-order valence-electron chi connectivity index (χ2n) is 6.10. The maximum Gasteiger partial charge on any atom is 0.324 e. The summed E-state index contributed by atoms with van der Waals surface area (Å²) >= 11 is 0. The van der Waals surface area contributed by atoms with Crippen LogP contribution in [0.4, 0.5) is 0 Å². The lowest BCUT2D eigenvalue weighted by molar-refractivity contribution is -0.162. The molecule has 0 radical (unpaired) electrons. The summed E-state index contributed by atoms with van der Waals surface area (Å²) in [5.74, 6) is 0.388. The van der Waals surface area contributed by atoms with Crippen LogP contribution in [-0.2, 0) is 9.53 Å². The molecule has 20 heavy (non-hydrogen) atoms. The number of rotatable bonds is 2. The highest BCUT2D eigenvalue weighted by Gasteiger charge is 2.39. The number of hydrogen-bond donors (Lipinski definition) is 1. The van der Waals surface area contributed by atoms with Crippen LogP contribution in [0, 0.1) is 5.92 Å². The summed E-state index contributed by atoms with van der Waals surface area (Å²) in [4.78, 5) is 12.3. The Morgan fingerprint density at radius 1 is 1.10 bits per heavy atom. The van der Waals surface area contributed by atoms with E-state index in [1.165, 1.54) is 19.3 Å². The van der Waals surface area contributed by atoms with Gasteiger partial charge in [0.05, 0.1) is 0 Å². The summed E-state index contributed by atoms with van der Waals surface area (Å²) in [6.07, 6.45) is 5.92. The molecule has 108 valence electrons. The van der Waals surface area contributed by atoms with Gasteiger partial charge in [0, 0.05) is 6.04 Å². The Hall–Kier alpha value is -1.35. The predicted molar refractivity (Wildman–Crippen MR) is 78.2 cm³/mol. The summed E-state index contributed by atoms with van der Waals surface area (Å²) in [5.41, 5.74) is 1.07. The number of carbonyl (C=O) groups is 1. The van der Waals surface area contributed by atoms with Crippen molar-refractivity contribution < 1.29 is 9.53 Å². The van der Waals surface area contributed by atoms with Gasteiger partial charge in [-0.25, -0.2) is 0 Å². The zero-order chi connectivity index (χ0) is 13.9. The number of morpholine rings is 1. The highest BCUT2D eigenvalue weighted by Crippen LogP contribution is 2.32. The number of cyclic esters (lactones) is 1. The van der Waals surface area contributed by atoms with E-state index in [0.29, 0.717) is 5.92 Å². The number of nitrogens with one attached hydrogen (secondary N) is 1. The van der Waals surface area contributed by atoms with Gasteiger partial charge in [0.1, 0.15) is 12.1 Å². The van der Waals surface area contributed by atoms with Crippen molar-refractivity contribution in [3.63, 3.8) is 0 Å². The Morgan fingerprint density at radius 3 is 2.50 bits per heavy atom. The lowest BCUT2D eigenvalue weighted by Gasteiger charge is -2.39. The van der Waals surface area contributed by atoms with Crippen LogP contribution in [-0.4, -0.2) is 18.1 Å². The van der Waals surface area contributed by atoms with Crippen LogP contribution in [0.25, 0.3) is 0 Å². The van der Waals surface area contributed by atoms with Gasteiger partial charge in [-0.15, -0.1) is 0 Å². The fraction of sp³-hybridized carbons (Fsp3) is 0.588. The smallest absolute Gasteiger partial charge is 0.324 e. The molecule has 0 bridgehead atoms. The summed E-state index contributed by atoms with van der Waals surface area (Å²) in [7, 11) is 0. The van der Waals surface area contributed by atoms with Gasteiger partial charge in [0.25, 0.3) is 0 Å². The van der Waals surface area contributed by atoms with E-state index in [4.69, 9.17) is 4.74 Å². The van der Waals surface area contributed by atoms with Crippen LogP contribution in [0.5, 0.6) is 0 Å². The van der Waals surface area contributed by atoms with Crippen molar-refractivity contribution in [2.75, 3.05) is 0 Å². The molecule has 0 aromatic heterocycles. The first-order valence-electron chi connectivity index (χ1n) is 7.77. The first kappa shape index (κ1) is 13.6. The van der Waals surface area contributed by atoms with Crippen LogP contribution < -0.4 is 5.32 Å². The molecule has 1 aliphatic carbocycles. The SMILES string of the molecule is C[C@H]1NC(C2CCCCC2)C(=O)O[C@H]1c1ccccc1. The molecule has 2 aliphatic rings. The summed E-state index contributed by atoms with van der Waals surface area (Å²) in [6.45, 7) is 2.11. The molecule has 1 saturated carbocycles. The van der Waals surface area contributed by atoms with Gasteiger partial charge in [-0.2, -0.15) is 0 Å². The molecular weight excluding hydrogens is 250 g/mol. The Balaban J connectivity index is 1.71. The lowest BCUT2D eigenvalue weighted by atomic mass is 9.82. The molecule has 3 atom stereocenters. The minimum absolute atomic E-state index is 0.0659. The molecule has 1 aromatic rings. The maximum absolute atomic E-state index is 12.3. The van der Waals surface area contributed by atoms with Crippen LogP contribution in [0.1, 0.15) is 50.7 Å². The summed E-state index contributed by atoms with van der Waals surface area (Å²) < 4.78 is 5.75. The Morgan fingerprint density at radius 2 is 1.80 bits per heavy atom. The molecule has 0 amide bonds. The van der Waals surface area contributed by atoms with E-state index in [0.717, 1.165) is 18.4 Å².